The van der Waals surface area contributed by atoms with Crippen LogP contribution in [0.15, 0.2) is 6.20 Å². The van der Waals surface area contributed by atoms with E-state index in [9.17, 15) is 4.79 Å². The predicted molar refractivity (Wildman–Crippen MR) is 65.4 cm³/mol. The van der Waals surface area contributed by atoms with Crippen molar-refractivity contribution < 1.29 is 4.79 Å². The summed E-state index contributed by atoms with van der Waals surface area (Å²) < 4.78 is 1.99. The van der Waals surface area contributed by atoms with Crippen LogP contribution in [0.5, 0.6) is 0 Å². The van der Waals surface area contributed by atoms with Gasteiger partial charge in [-0.2, -0.15) is 0 Å². The smallest absolute Gasteiger partial charge is 0.234 e. The summed E-state index contributed by atoms with van der Waals surface area (Å²) in [7, 11) is 0. The molecule has 3 unspecified atom stereocenters. The molecule has 1 amide bonds. The van der Waals surface area contributed by atoms with Crippen molar-refractivity contribution in [2.45, 2.75) is 38.3 Å². The van der Waals surface area contributed by atoms with Gasteiger partial charge in [-0.1, -0.05) is 11.6 Å². The maximum atomic E-state index is 11.1. The van der Waals surface area contributed by atoms with Crippen molar-refractivity contribution in [3.63, 3.8) is 0 Å². The van der Waals surface area contributed by atoms with E-state index < -0.39 is 0 Å². The number of hydrogen-bond donors (Lipinski definition) is 2. The summed E-state index contributed by atoms with van der Waals surface area (Å²) in [5.41, 5.74) is 6.03. The zero-order valence-electron chi connectivity index (χ0n) is 10.4. The van der Waals surface area contributed by atoms with Gasteiger partial charge in [-0.05, 0) is 31.1 Å². The molecule has 3 N–H and O–H groups in total. The lowest BCUT2D eigenvalue weighted by Gasteiger charge is -2.21. The van der Waals surface area contributed by atoms with Crippen LogP contribution in [-0.2, 0) is 11.3 Å². The quantitative estimate of drug-likeness (QED) is 0.799. The number of nitrogens with zero attached hydrogens (tertiary/aromatic N) is 3. The van der Waals surface area contributed by atoms with Crippen LogP contribution in [0.2, 0.25) is 0 Å². The van der Waals surface area contributed by atoms with Crippen LogP contribution in [0.25, 0.3) is 0 Å². The number of rotatable bonds is 4. The Morgan fingerprint density at radius 2 is 2.39 bits per heavy atom. The molecule has 0 spiro atoms. The summed E-state index contributed by atoms with van der Waals surface area (Å²) in [6, 6.07) is 0.523. The molecule has 18 heavy (non-hydrogen) atoms. The molecule has 0 aliphatic heterocycles. The Labute approximate surface area is 106 Å². The van der Waals surface area contributed by atoms with E-state index in [2.05, 4.69) is 15.6 Å². The third-order valence-electron chi connectivity index (χ3n) is 4.25. The standard InChI is InChI=1S/C12H19N5O/c13-5-12(18)14-6-10-7-17(16-15-10)11-4-8-1-2-9(11)3-8/h7-9,11H,1-6,13H2,(H,14,18). The number of carbonyl (C=O) groups excluding carboxylic acids is 1. The topological polar surface area (TPSA) is 85.8 Å². The number of nitrogens with two attached hydrogens (primary N) is 1. The molecule has 2 saturated carbocycles. The molecule has 0 radical (unpaired) electrons. The lowest BCUT2D eigenvalue weighted by Crippen LogP contribution is -2.29. The van der Waals surface area contributed by atoms with Gasteiger partial charge in [-0.15, -0.1) is 5.10 Å². The molecule has 1 aromatic rings. The van der Waals surface area contributed by atoms with Gasteiger partial charge in [-0.3, -0.25) is 4.79 Å². The van der Waals surface area contributed by atoms with Crippen molar-refractivity contribution in [3.8, 4) is 0 Å². The maximum absolute atomic E-state index is 11.1. The summed E-state index contributed by atoms with van der Waals surface area (Å²) in [6.07, 6.45) is 7.26. The van der Waals surface area contributed by atoms with E-state index in [4.69, 9.17) is 5.73 Å². The Hall–Kier alpha value is -1.43. The molecular formula is C12H19N5O. The van der Waals surface area contributed by atoms with E-state index >= 15 is 0 Å². The summed E-state index contributed by atoms with van der Waals surface area (Å²) in [4.78, 5) is 11.1. The van der Waals surface area contributed by atoms with Crippen LogP contribution in [-0.4, -0.2) is 27.4 Å². The van der Waals surface area contributed by atoms with Gasteiger partial charge in [0.15, 0.2) is 0 Å². The summed E-state index contributed by atoms with van der Waals surface area (Å²) >= 11 is 0. The number of nitrogens with one attached hydrogen (secondary N) is 1. The molecule has 3 rings (SSSR count). The van der Waals surface area contributed by atoms with Crippen LogP contribution in [0, 0.1) is 11.8 Å². The highest BCUT2D eigenvalue weighted by atomic mass is 16.1. The first-order chi connectivity index (χ1) is 8.76. The van der Waals surface area contributed by atoms with Crippen LogP contribution < -0.4 is 11.1 Å². The molecular weight excluding hydrogens is 230 g/mol. The molecule has 2 fully saturated rings. The van der Waals surface area contributed by atoms with E-state index in [0.29, 0.717) is 12.6 Å². The van der Waals surface area contributed by atoms with E-state index in [1.54, 1.807) is 0 Å². The first-order valence-electron chi connectivity index (χ1n) is 6.63. The second-order valence-corrected chi connectivity index (χ2v) is 5.41. The summed E-state index contributed by atoms with van der Waals surface area (Å²) in [5, 5.41) is 11.0. The fourth-order valence-electron chi connectivity index (χ4n) is 3.35. The van der Waals surface area contributed by atoms with Crippen molar-refractivity contribution in [2.24, 2.45) is 17.6 Å². The molecule has 2 aliphatic carbocycles. The minimum absolute atomic E-state index is 0.0144. The highest BCUT2D eigenvalue weighted by Crippen LogP contribution is 2.50. The van der Waals surface area contributed by atoms with Crippen LogP contribution >= 0.6 is 0 Å². The Morgan fingerprint density at radius 1 is 1.50 bits per heavy atom. The van der Waals surface area contributed by atoms with Crippen molar-refractivity contribution in [2.75, 3.05) is 6.54 Å². The van der Waals surface area contributed by atoms with Gasteiger partial charge in [-0.25, -0.2) is 4.68 Å². The number of fused-ring (bicyclic) bond motifs is 2. The van der Waals surface area contributed by atoms with Gasteiger partial charge in [0.05, 0.1) is 25.3 Å². The predicted octanol–water partition coefficient (Wildman–Crippen LogP) is 0.214. The first-order valence-corrected chi connectivity index (χ1v) is 6.63. The molecule has 98 valence electrons. The van der Waals surface area contributed by atoms with E-state index in [1.165, 1.54) is 25.7 Å². The average molecular weight is 249 g/mol. The summed E-state index contributed by atoms with van der Waals surface area (Å²) in [5.74, 6) is 1.51. The normalized spacial score (nSPS) is 29.7. The Morgan fingerprint density at radius 3 is 3.06 bits per heavy atom. The van der Waals surface area contributed by atoms with Gasteiger partial charge < -0.3 is 11.1 Å². The zero-order valence-corrected chi connectivity index (χ0v) is 10.4. The largest absolute Gasteiger partial charge is 0.349 e. The van der Waals surface area contributed by atoms with Crippen molar-refractivity contribution in [3.05, 3.63) is 11.9 Å². The molecule has 2 bridgehead atoms. The van der Waals surface area contributed by atoms with Gasteiger partial charge >= 0.3 is 0 Å². The van der Waals surface area contributed by atoms with Crippen LogP contribution in [0.3, 0.4) is 0 Å². The number of aromatic nitrogens is 3. The highest BCUT2D eigenvalue weighted by Gasteiger charge is 2.40. The molecule has 1 aromatic heterocycles. The Bertz CT molecular complexity index is 443. The van der Waals surface area contributed by atoms with Crippen molar-refractivity contribution in [1.82, 2.24) is 20.3 Å². The second kappa shape index (κ2) is 4.68. The Balaban J connectivity index is 1.61. The minimum atomic E-state index is -0.163. The van der Waals surface area contributed by atoms with Gasteiger partial charge in [0.2, 0.25) is 5.91 Å². The Kier molecular flexibility index (Phi) is 3.03. The monoisotopic (exact) mass is 249 g/mol. The average Bonchev–Trinajstić information content (AvgIpc) is 3.10. The number of carbonyl (C=O) groups is 1. The third kappa shape index (κ3) is 2.12. The van der Waals surface area contributed by atoms with Crippen LogP contribution in [0.4, 0.5) is 0 Å². The van der Waals surface area contributed by atoms with E-state index in [-0.39, 0.29) is 12.5 Å². The summed E-state index contributed by atoms with van der Waals surface area (Å²) in [6.45, 7) is 0.428. The van der Waals surface area contributed by atoms with Crippen molar-refractivity contribution in [1.29, 1.82) is 0 Å². The lowest BCUT2D eigenvalue weighted by atomic mass is 9.96. The van der Waals surface area contributed by atoms with E-state index in [0.717, 1.165) is 17.5 Å². The fraction of sp³-hybridized carbons (Fsp3) is 0.750. The SMILES string of the molecule is NCC(=O)NCc1cn(C2CC3CCC2C3)nn1. The molecule has 2 aliphatic rings. The minimum Gasteiger partial charge on any atom is -0.349 e. The van der Waals surface area contributed by atoms with Crippen molar-refractivity contribution >= 4 is 5.91 Å². The van der Waals surface area contributed by atoms with Gasteiger partial charge in [0.1, 0.15) is 5.69 Å². The maximum Gasteiger partial charge on any atom is 0.234 e. The number of hydrogen-bond acceptors (Lipinski definition) is 4. The third-order valence-corrected chi connectivity index (χ3v) is 4.25. The molecule has 3 atom stereocenters. The lowest BCUT2D eigenvalue weighted by molar-refractivity contribution is -0.119. The van der Waals surface area contributed by atoms with Crippen LogP contribution in [0.1, 0.15) is 37.4 Å². The van der Waals surface area contributed by atoms with E-state index in [1.807, 2.05) is 10.9 Å². The second-order valence-electron chi connectivity index (χ2n) is 5.41. The molecule has 6 heteroatoms. The van der Waals surface area contributed by atoms with Gasteiger partial charge in [0, 0.05) is 0 Å². The first kappa shape index (κ1) is 11.6. The zero-order chi connectivity index (χ0) is 12.5. The van der Waals surface area contributed by atoms with Gasteiger partial charge in [0.25, 0.3) is 0 Å². The number of amides is 1. The molecule has 1 heterocycles. The molecule has 0 aromatic carbocycles. The molecule has 6 nitrogen and oxygen atoms in total. The fourth-order valence-corrected chi connectivity index (χ4v) is 3.35. The highest BCUT2D eigenvalue weighted by molar-refractivity contribution is 5.77. The molecule has 0 saturated heterocycles.